The molecule has 9 rings (SSSR count). The number of nitrogens with zero attached hydrogens (tertiary/aromatic N) is 1. The van der Waals surface area contributed by atoms with Gasteiger partial charge < -0.3 is 4.90 Å². The maximum atomic E-state index is 2.56. The third-order valence-corrected chi connectivity index (χ3v) is 8.75. The van der Waals surface area contributed by atoms with E-state index < -0.39 is 0 Å². The van der Waals surface area contributed by atoms with Gasteiger partial charge in [-0.05, 0) is 97.8 Å². The topological polar surface area (TPSA) is 3.24 Å². The van der Waals surface area contributed by atoms with Crippen LogP contribution in [0.1, 0.15) is 44.5 Å². The number of benzene rings is 5. The Labute approximate surface area is 205 Å². The number of anilines is 3. The van der Waals surface area contributed by atoms with E-state index >= 15 is 0 Å². The molecule has 0 atom stereocenters. The maximum Gasteiger partial charge on any atom is 0.0535 e. The van der Waals surface area contributed by atoms with Crippen LogP contribution in [0.25, 0.3) is 22.3 Å². The average Bonchev–Trinajstić information content (AvgIpc) is 3.47. The van der Waals surface area contributed by atoms with Gasteiger partial charge in [-0.25, -0.2) is 0 Å². The molecular formula is C34H23N. The monoisotopic (exact) mass is 445 g/mol. The van der Waals surface area contributed by atoms with Crippen LogP contribution >= 0.6 is 0 Å². The highest BCUT2D eigenvalue weighted by Gasteiger charge is 2.37. The molecule has 2 heterocycles. The second kappa shape index (κ2) is 6.31. The van der Waals surface area contributed by atoms with E-state index in [1.807, 2.05) is 0 Å². The fourth-order valence-electron chi connectivity index (χ4n) is 7.31. The summed E-state index contributed by atoms with van der Waals surface area (Å²) in [6, 6.07) is 34.3. The van der Waals surface area contributed by atoms with E-state index in [9.17, 15) is 0 Å². The number of hydrogen-bond acceptors (Lipinski definition) is 1. The van der Waals surface area contributed by atoms with E-state index in [1.54, 1.807) is 16.7 Å². The molecule has 0 fully saturated rings. The van der Waals surface area contributed by atoms with Gasteiger partial charge in [0.15, 0.2) is 0 Å². The van der Waals surface area contributed by atoms with Crippen molar-refractivity contribution in [1.29, 1.82) is 0 Å². The molecule has 2 aliphatic carbocycles. The maximum absolute atomic E-state index is 2.56. The molecule has 0 unspecified atom stereocenters. The predicted octanol–water partition coefficient (Wildman–Crippen LogP) is 8.11. The molecule has 164 valence electrons. The van der Waals surface area contributed by atoms with Crippen LogP contribution in [0.3, 0.4) is 0 Å². The van der Waals surface area contributed by atoms with Crippen molar-refractivity contribution < 1.29 is 0 Å². The summed E-state index contributed by atoms with van der Waals surface area (Å²) in [5.41, 5.74) is 22.0. The van der Waals surface area contributed by atoms with E-state index in [4.69, 9.17) is 0 Å². The molecule has 0 N–H and O–H groups in total. The Balaban J connectivity index is 1.33. The van der Waals surface area contributed by atoms with Gasteiger partial charge in [-0.15, -0.1) is 0 Å². The highest BCUT2D eigenvalue weighted by molar-refractivity contribution is 5.96. The van der Waals surface area contributed by atoms with E-state index in [0.29, 0.717) is 0 Å². The second-order valence-corrected chi connectivity index (χ2v) is 10.5. The minimum atomic E-state index is 1.01. The Kier molecular flexibility index (Phi) is 3.29. The minimum Gasteiger partial charge on any atom is -0.309 e. The third-order valence-electron chi connectivity index (χ3n) is 8.75. The first-order valence-corrected chi connectivity index (χ1v) is 12.7. The van der Waals surface area contributed by atoms with Crippen LogP contribution in [0, 0.1) is 0 Å². The van der Waals surface area contributed by atoms with E-state index in [1.165, 1.54) is 67.1 Å². The van der Waals surface area contributed by atoms with Gasteiger partial charge >= 0.3 is 0 Å². The molecule has 1 nitrogen and oxygen atoms in total. The van der Waals surface area contributed by atoms with Crippen molar-refractivity contribution in [3.05, 3.63) is 136 Å². The first-order chi connectivity index (χ1) is 17.3. The quantitative estimate of drug-likeness (QED) is 0.228. The van der Waals surface area contributed by atoms with E-state index in [2.05, 4.69) is 95.9 Å². The van der Waals surface area contributed by atoms with Crippen LogP contribution in [0.5, 0.6) is 0 Å². The molecule has 1 heteroatoms. The Morgan fingerprint density at radius 2 is 1.09 bits per heavy atom. The lowest BCUT2D eigenvalue weighted by atomic mass is 9.82. The zero-order valence-corrected chi connectivity index (χ0v) is 19.4. The van der Waals surface area contributed by atoms with Crippen LogP contribution in [0.4, 0.5) is 17.1 Å². The van der Waals surface area contributed by atoms with Gasteiger partial charge in [-0.3, -0.25) is 0 Å². The lowest BCUT2D eigenvalue weighted by Crippen LogP contribution is -2.25. The van der Waals surface area contributed by atoms with Crippen molar-refractivity contribution in [2.75, 3.05) is 4.90 Å². The molecule has 5 aromatic carbocycles. The summed E-state index contributed by atoms with van der Waals surface area (Å²) < 4.78 is 0. The molecule has 4 aliphatic rings. The highest BCUT2D eigenvalue weighted by atomic mass is 15.2. The van der Waals surface area contributed by atoms with Crippen molar-refractivity contribution in [1.82, 2.24) is 0 Å². The zero-order valence-electron chi connectivity index (χ0n) is 19.4. The summed E-state index contributed by atoms with van der Waals surface area (Å²) in [5, 5.41) is 0. The molecule has 2 aliphatic heterocycles. The van der Waals surface area contributed by atoms with Crippen LogP contribution in [-0.2, 0) is 25.7 Å². The molecule has 0 aromatic heterocycles. The molecule has 35 heavy (non-hydrogen) atoms. The summed E-state index contributed by atoms with van der Waals surface area (Å²) in [4.78, 5) is 2.56. The molecular weight excluding hydrogens is 422 g/mol. The van der Waals surface area contributed by atoms with Gasteiger partial charge in [0, 0.05) is 24.2 Å². The Hall–Kier alpha value is -4.10. The summed E-state index contributed by atoms with van der Waals surface area (Å²) >= 11 is 0. The smallest absolute Gasteiger partial charge is 0.0535 e. The Bertz CT molecular complexity index is 1740. The third kappa shape index (κ3) is 2.24. The van der Waals surface area contributed by atoms with Gasteiger partial charge in [-0.2, -0.15) is 0 Å². The van der Waals surface area contributed by atoms with Gasteiger partial charge in [-0.1, -0.05) is 72.8 Å². The van der Waals surface area contributed by atoms with E-state index in [-0.39, 0.29) is 0 Å². The number of para-hydroxylation sites is 2. The molecule has 5 aromatic rings. The van der Waals surface area contributed by atoms with Crippen molar-refractivity contribution in [2.45, 2.75) is 25.7 Å². The molecule has 0 bridgehead atoms. The number of rotatable bonds is 0. The van der Waals surface area contributed by atoms with Gasteiger partial charge in [0.2, 0.25) is 0 Å². The molecule has 0 saturated heterocycles. The Morgan fingerprint density at radius 1 is 0.429 bits per heavy atom. The van der Waals surface area contributed by atoms with Crippen LogP contribution in [0.15, 0.2) is 91.0 Å². The molecule has 0 spiro atoms. The van der Waals surface area contributed by atoms with Crippen LogP contribution in [0.2, 0.25) is 0 Å². The Morgan fingerprint density at radius 3 is 1.91 bits per heavy atom. The van der Waals surface area contributed by atoms with Gasteiger partial charge in [0.05, 0.1) is 5.69 Å². The molecule has 0 amide bonds. The average molecular weight is 446 g/mol. The van der Waals surface area contributed by atoms with Gasteiger partial charge in [0.1, 0.15) is 0 Å². The normalized spacial score (nSPS) is 14.9. The van der Waals surface area contributed by atoms with Crippen LogP contribution in [-0.4, -0.2) is 0 Å². The first kappa shape index (κ1) is 18.3. The minimum absolute atomic E-state index is 1.01. The SMILES string of the molecule is c1ccc2c(c1)Cc1c-2ccc2c1-c1cc3c4c(c1C2)Cc1ccccc1N4c1ccccc1C3. The van der Waals surface area contributed by atoms with Gasteiger partial charge in [0.25, 0.3) is 0 Å². The largest absolute Gasteiger partial charge is 0.309 e. The number of fused-ring (bicyclic) bond motifs is 12. The van der Waals surface area contributed by atoms with E-state index in [0.717, 1.165) is 25.7 Å². The molecule has 0 radical (unpaired) electrons. The predicted molar refractivity (Wildman–Crippen MR) is 143 cm³/mol. The van der Waals surface area contributed by atoms with Crippen molar-refractivity contribution in [3.8, 4) is 22.3 Å². The second-order valence-electron chi connectivity index (χ2n) is 10.5. The van der Waals surface area contributed by atoms with Crippen LogP contribution < -0.4 is 4.90 Å². The van der Waals surface area contributed by atoms with Crippen molar-refractivity contribution >= 4 is 17.1 Å². The van der Waals surface area contributed by atoms with Crippen molar-refractivity contribution in [2.24, 2.45) is 0 Å². The standard InChI is InChI=1S/C34H23N/c1-4-10-25-20(7-1)16-28-26(25)14-13-23-18-27-29(33(23)28)19-24-15-21-8-2-5-11-31(21)35-32-12-6-3-9-22(32)17-30(27)34(24)35/h1-14,19H,15-18H2. The lowest BCUT2D eigenvalue weighted by Gasteiger charge is -2.40. The molecule has 0 saturated carbocycles. The number of hydrogen-bond donors (Lipinski definition) is 0. The first-order valence-electron chi connectivity index (χ1n) is 12.7. The summed E-state index contributed by atoms with van der Waals surface area (Å²) in [6.45, 7) is 0. The fraction of sp³-hybridized carbons (Fsp3) is 0.118. The summed E-state index contributed by atoms with van der Waals surface area (Å²) in [7, 11) is 0. The lowest BCUT2D eigenvalue weighted by molar-refractivity contribution is 0.994. The highest BCUT2D eigenvalue weighted by Crippen LogP contribution is 2.56. The summed E-state index contributed by atoms with van der Waals surface area (Å²) in [5.74, 6) is 0. The fourth-order valence-corrected chi connectivity index (χ4v) is 7.31. The van der Waals surface area contributed by atoms with Crippen molar-refractivity contribution in [3.63, 3.8) is 0 Å². The zero-order chi connectivity index (χ0) is 22.7. The summed E-state index contributed by atoms with van der Waals surface area (Å²) in [6.07, 6.45) is 4.14.